The molecule has 0 aromatic carbocycles. The highest BCUT2D eigenvalue weighted by molar-refractivity contribution is 7.18. The molecule has 22 heavy (non-hydrogen) atoms. The van der Waals surface area contributed by atoms with Gasteiger partial charge in [-0.15, -0.1) is 22.7 Å². The monoisotopic (exact) mass is 333 g/mol. The van der Waals surface area contributed by atoms with Crippen molar-refractivity contribution in [2.45, 2.75) is 46.1 Å². The van der Waals surface area contributed by atoms with Crippen molar-refractivity contribution >= 4 is 27.6 Å². The van der Waals surface area contributed by atoms with E-state index in [1.807, 2.05) is 11.3 Å². The summed E-state index contributed by atoms with van der Waals surface area (Å²) < 4.78 is 2.29. The molecule has 0 aliphatic rings. The fraction of sp³-hybridized carbons (Fsp3) is 0.471. The largest absolute Gasteiger partial charge is 0.314 e. The van der Waals surface area contributed by atoms with Crippen LogP contribution in [0.5, 0.6) is 0 Å². The molecular formula is C17H23N3S2. The van der Waals surface area contributed by atoms with Crippen LogP contribution in [-0.2, 0) is 12.8 Å². The minimum absolute atomic E-state index is 0.473. The number of rotatable bonds is 7. The second-order valence-corrected chi connectivity index (χ2v) is 7.66. The summed E-state index contributed by atoms with van der Waals surface area (Å²) in [5.74, 6) is 0. The molecule has 118 valence electrons. The molecule has 0 amide bonds. The van der Waals surface area contributed by atoms with Crippen molar-refractivity contribution in [2.75, 3.05) is 6.54 Å². The smallest absolute Gasteiger partial charge is 0.194 e. The number of thiazole rings is 1. The SMILES string of the molecule is CCCNC(C)Cc1cn2c(-c3cccs3)c(CC)sc2n1. The Bertz CT molecular complexity index is 725. The maximum Gasteiger partial charge on any atom is 0.194 e. The summed E-state index contributed by atoms with van der Waals surface area (Å²) in [6, 6.07) is 4.80. The zero-order chi connectivity index (χ0) is 15.5. The van der Waals surface area contributed by atoms with E-state index in [1.165, 1.54) is 27.6 Å². The summed E-state index contributed by atoms with van der Waals surface area (Å²) in [5, 5.41) is 5.68. The molecular weight excluding hydrogens is 310 g/mol. The summed E-state index contributed by atoms with van der Waals surface area (Å²) in [6.07, 6.45) is 5.44. The van der Waals surface area contributed by atoms with Gasteiger partial charge in [-0.25, -0.2) is 4.98 Å². The van der Waals surface area contributed by atoms with Crippen LogP contribution in [0.25, 0.3) is 15.5 Å². The second kappa shape index (κ2) is 6.94. The fourth-order valence-corrected chi connectivity index (χ4v) is 4.65. The average Bonchev–Trinajstić information content (AvgIpc) is 3.19. The summed E-state index contributed by atoms with van der Waals surface area (Å²) in [4.78, 5) is 8.73. The Morgan fingerprint density at radius 1 is 1.36 bits per heavy atom. The summed E-state index contributed by atoms with van der Waals surface area (Å²) in [5.41, 5.74) is 2.52. The number of hydrogen-bond donors (Lipinski definition) is 1. The summed E-state index contributed by atoms with van der Waals surface area (Å²) in [6.45, 7) is 7.73. The third-order valence-electron chi connectivity index (χ3n) is 3.78. The van der Waals surface area contributed by atoms with Gasteiger partial charge in [-0.2, -0.15) is 0 Å². The predicted octanol–water partition coefficient (Wildman–Crippen LogP) is 4.62. The van der Waals surface area contributed by atoms with Gasteiger partial charge in [0.15, 0.2) is 4.96 Å². The molecule has 3 nitrogen and oxygen atoms in total. The average molecular weight is 334 g/mol. The minimum Gasteiger partial charge on any atom is -0.314 e. The number of imidazole rings is 1. The van der Waals surface area contributed by atoms with E-state index in [1.54, 1.807) is 11.3 Å². The molecule has 5 heteroatoms. The number of fused-ring (bicyclic) bond motifs is 1. The molecule has 0 aliphatic heterocycles. The maximum atomic E-state index is 4.85. The van der Waals surface area contributed by atoms with E-state index in [0.29, 0.717) is 6.04 Å². The normalized spacial score (nSPS) is 13.0. The van der Waals surface area contributed by atoms with E-state index < -0.39 is 0 Å². The van der Waals surface area contributed by atoms with Gasteiger partial charge in [0.05, 0.1) is 16.3 Å². The van der Waals surface area contributed by atoms with Crippen LogP contribution >= 0.6 is 22.7 Å². The molecule has 1 atom stereocenters. The lowest BCUT2D eigenvalue weighted by molar-refractivity contribution is 0.540. The Morgan fingerprint density at radius 2 is 2.23 bits per heavy atom. The molecule has 1 unspecified atom stereocenters. The fourth-order valence-electron chi connectivity index (χ4n) is 2.72. The van der Waals surface area contributed by atoms with Crippen LogP contribution in [-0.4, -0.2) is 22.0 Å². The Kier molecular flexibility index (Phi) is 4.96. The highest BCUT2D eigenvalue weighted by Crippen LogP contribution is 2.35. The molecule has 3 rings (SSSR count). The number of hydrogen-bond acceptors (Lipinski definition) is 4. The quantitative estimate of drug-likeness (QED) is 0.684. The van der Waals surface area contributed by atoms with Crippen LogP contribution in [0.2, 0.25) is 0 Å². The lowest BCUT2D eigenvalue weighted by Gasteiger charge is -2.10. The first-order valence-electron chi connectivity index (χ1n) is 7.99. The van der Waals surface area contributed by atoms with Crippen molar-refractivity contribution in [1.29, 1.82) is 0 Å². The Balaban J connectivity index is 1.90. The molecule has 0 spiro atoms. The first kappa shape index (κ1) is 15.7. The molecule has 3 heterocycles. The number of nitrogens with zero attached hydrogens (tertiary/aromatic N) is 2. The molecule has 3 aromatic heterocycles. The Hall–Kier alpha value is -1.17. The lowest BCUT2D eigenvalue weighted by Crippen LogP contribution is -2.28. The van der Waals surface area contributed by atoms with Gasteiger partial charge < -0.3 is 5.32 Å². The van der Waals surface area contributed by atoms with Crippen LogP contribution < -0.4 is 5.32 Å². The number of aromatic nitrogens is 2. The molecule has 0 saturated carbocycles. The Morgan fingerprint density at radius 3 is 2.91 bits per heavy atom. The first-order chi connectivity index (χ1) is 10.7. The van der Waals surface area contributed by atoms with E-state index in [0.717, 1.165) is 24.3 Å². The zero-order valence-corrected chi connectivity index (χ0v) is 15.1. The van der Waals surface area contributed by atoms with Gasteiger partial charge in [0.1, 0.15) is 0 Å². The van der Waals surface area contributed by atoms with E-state index in [4.69, 9.17) is 4.98 Å². The van der Waals surface area contributed by atoms with E-state index in [2.05, 4.69) is 54.2 Å². The van der Waals surface area contributed by atoms with Crippen molar-refractivity contribution in [3.63, 3.8) is 0 Å². The van der Waals surface area contributed by atoms with E-state index >= 15 is 0 Å². The number of nitrogens with one attached hydrogen (secondary N) is 1. The standard InChI is InChI=1S/C17H23N3S2/c1-4-8-18-12(3)10-13-11-20-16(15-7-6-9-21-15)14(5-2)22-17(20)19-13/h6-7,9,11-12,18H,4-5,8,10H2,1-3H3. The van der Waals surface area contributed by atoms with Crippen molar-refractivity contribution in [1.82, 2.24) is 14.7 Å². The van der Waals surface area contributed by atoms with Crippen LogP contribution in [0.15, 0.2) is 23.7 Å². The lowest BCUT2D eigenvalue weighted by atomic mass is 10.2. The molecule has 3 aromatic rings. The van der Waals surface area contributed by atoms with Gasteiger partial charge in [0.25, 0.3) is 0 Å². The third kappa shape index (κ3) is 3.12. The van der Waals surface area contributed by atoms with Crippen molar-refractivity contribution in [3.8, 4) is 10.6 Å². The molecule has 0 bridgehead atoms. The van der Waals surface area contributed by atoms with Crippen LogP contribution in [0, 0.1) is 0 Å². The van der Waals surface area contributed by atoms with Gasteiger partial charge in [-0.1, -0.05) is 19.9 Å². The minimum atomic E-state index is 0.473. The van der Waals surface area contributed by atoms with Gasteiger partial charge in [0.2, 0.25) is 0 Å². The third-order valence-corrected chi connectivity index (χ3v) is 5.85. The van der Waals surface area contributed by atoms with E-state index in [9.17, 15) is 0 Å². The number of aryl methyl sites for hydroxylation is 1. The maximum absolute atomic E-state index is 4.85. The predicted molar refractivity (Wildman–Crippen MR) is 97.2 cm³/mol. The van der Waals surface area contributed by atoms with Gasteiger partial charge in [-0.05, 0) is 37.8 Å². The number of thiophene rings is 1. The second-order valence-electron chi connectivity index (χ2n) is 5.65. The van der Waals surface area contributed by atoms with Crippen molar-refractivity contribution in [3.05, 3.63) is 34.3 Å². The molecule has 1 N–H and O–H groups in total. The Labute approximate surface area is 140 Å². The van der Waals surface area contributed by atoms with Gasteiger partial charge in [0, 0.05) is 23.5 Å². The van der Waals surface area contributed by atoms with Crippen LogP contribution in [0.4, 0.5) is 0 Å². The molecule has 0 saturated heterocycles. The van der Waals surface area contributed by atoms with Gasteiger partial charge >= 0.3 is 0 Å². The summed E-state index contributed by atoms with van der Waals surface area (Å²) >= 11 is 3.63. The highest BCUT2D eigenvalue weighted by Gasteiger charge is 2.16. The summed E-state index contributed by atoms with van der Waals surface area (Å²) in [7, 11) is 0. The molecule has 0 radical (unpaired) electrons. The van der Waals surface area contributed by atoms with Crippen molar-refractivity contribution in [2.24, 2.45) is 0 Å². The highest BCUT2D eigenvalue weighted by atomic mass is 32.1. The van der Waals surface area contributed by atoms with Gasteiger partial charge in [-0.3, -0.25) is 4.40 Å². The van der Waals surface area contributed by atoms with Crippen LogP contribution in [0.3, 0.4) is 0 Å². The van der Waals surface area contributed by atoms with Crippen LogP contribution in [0.1, 0.15) is 37.8 Å². The molecule has 0 fully saturated rings. The molecule has 0 aliphatic carbocycles. The topological polar surface area (TPSA) is 29.3 Å². The van der Waals surface area contributed by atoms with Crippen molar-refractivity contribution < 1.29 is 0 Å². The van der Waals surface area contributed by atoms with E-state index in [-0.39, 0.29) is 0 Å². The first-order valence-corrected chi connectivity index (χ1v) is 9.69. The zero-order valence-electron chi connectivity index (χ0n) is 13.4.